The summed E-state index contributed by atoms with van der Waals surface area (Å²) in [5, 5.41) is 10.6. The number of nitrogens with zero attached hydrogens (tertiary/aromatic N) is 3. The quantitative estimate of drug-likeness (QED) is 0.321. The molecule has 1 spiro atoms. The third-order valence-corrected chi connectivity index (χ3v) is 11.2. The van der Waals surface area contributed by atoms with E-state index in [-0.39, 0.29) is 42.0 Å². The molecule has 3 fully saturated rings. The molecule has 3 saturated heterocycles. The molecule has 44 heavy (non-hydrogen) atoms. The lowest BCUT2D eigenvalue weighted by Gasteiger charge is -2.40. The van der Waals surface area contributed by atoms with Gasteiger partial charge in [-0.3, -0.25) is 14.4 Å². The molecule has 3 amide bonds. The van der Waals surface area contributed by atoms with E-state index in [1.54, 1.807) is 57.9 Å². The number of rotatable bonds is 13. The van der Waals surface area contributed by atoms with E-state index in [1.165, 1.54) is 0 Å². The second kappa shape index (κ2) is 13.2. The molecule has 2 aromatic rings. The minimum Gasteiger partial charge on any atom is -0.497 e. The van der Waals surface area contributed by atoms with Crippen molar-refractivity contribution in [1.29, 1.82) is 0 Å². The average Bonchev–Trinajstić information content (AvgIpc) is 3.68. The summed E-state index contributed by atoms with van der Waals surface area (Å²) >= 11 is 1.63. The number of anilines is 2. The largest absolute Gasteiger partial charge is 0.497 e. The second-order valence-electron chi connectivity index (χ2n) is 12.3. The van der Waals surface area contributed by atoms with E-state index >= 15 is 0 Å². The number of hydrogen-bond donors (Lipinski definition) is 1. The number of fused-ring (bicyclic) bond motifs is 1. The Morgan fingerprint density at radius 1 is 1.05 bits per heavy atom. The predicted octanol–water partition coefficient (Wildman–Crippen LogP) is 4.93. The first-order chi connectivity index (χ1) is 21.2. The molecule has 8 nitrogen and oxygen atoms in total. The van der Waals surface area contributed by atoms with Crippen molar-refractivity contribution in [2.75, 3.05) is 36.6 Å². The first-order valence-corrected chi connectivity index (χ1v) is 16.2. The molecule has 0 radical (unpaired) electrons. The zero-order valence-electron chi connectivity index (χ0n) is 25.8. The summed E-state index contributed by atoms with van der Waals surface area (Å²) in [5.41, 5.74) is 1.41. The summed E-state index contributed by atoms with van der Waals surface area (Å²) in [6, 6.07) is 15.3. The van der Waals surface area contributed by atoms with Gasteiger partial charge in [0.25, 0.3) is 5.91 Å². The highest BCUT2D eigenvalue weighted by atomic mass is 32.2. The van der Waals surface area contributed by atoms with Crippen LogP contribution in [0.5, 0.6) is 5.75 Å². The maximum absolute atomic E-state index is 14.9. The SMILES string of the molecule is C=CCN(C(=O)C1N([C@@H](CO)CC(C)C)C(=O)[C@@H]2[C@H](C(=O)N(CC=C)c3ccccc3)[C@@H]3CCC12S3)c1ccc(OC)cc1. The Bertz CT molecular complexity index is 1380. The predicted molar refractivity (Wildman–Crippen MR) is 176 cm³/mol. The van der Waals surface area contributed by atoms with E-state index in [0.717, 1.165) is 12.1 Å². The number of carbonyl (C=O) groups excluding carboxylic acids is 3. The number of carbonyl (C=O) groups is 3. The number of thioether (sulfide) groups is 1. The number of hydrogen-bond acceptors (Lipinski definition) is 6. The summed E-state index contributed by atoms with van der Waals surface area (Å²) in [6.45, 7) is 12.2. The topological polar surface area (TPSA) is 90.4 Å². The van der Waals surface area contributed by atoms with Gasteiger partial charge in [0.05, 0.1) is 36.3 Å². The minimum absolute atomic E-state index is 0.0866. The van der Waals surface area contributed by atoms with Crippen LogP contribution in [0.15, 0.2) is 79.9 Å². The van der Waals surface area contributed by atoms with Crippen LogP contribution in [0.2, 0.25) is 0 Å². The lowest BCUT2D eigenvalue weighted by Crippen LogP contribution is -2.58. The van der Waals surface area contributed by atoms with Crippen molar-refractivity contribution in [2.45, 2.75) is 55.2 Å². The highest BCUT2D eigenvalue weighted by Gasteiger charge is 2.74. The number of benzene rings is 2. The molecule has 2 bridgehead atoms. The molecule has 3 heterocycles. The standard InChI is InChI=1S/C35H43N3O5S/c1-6-19-36(24-11-9-8-10-12-24)32(40)29-28-17-18-35(44-28)30(29)33(41)38(26(22-39)21-23(3)4)31(35)34(42)37(20-7-2)25-13-15-27(43-5)16-14-25/h6-16,23,26,28-31,39H,1-2,17-22H2,3-5H3/t26-,28+,29-,30+,31?,35?/m1/s1. The summed E-state index contributed by atoms with van der Waals surface area (Å²) < 4.78 is 4.55. The molecule has 9 heteroatoms. The van der Waals surface area contributed by atoms with E-state index in [4.69, 9.17) is 4.74 Å². The van der Waals surface area contributed by atoms with Crippen LogP contribution >= 0.6 is 11.8 Å². The van der Waals surface area contributed by atoms with Crippen LogP contribution < -0.4 is 14.5 Å². The lowest BCUT2D eigenvalue weighted by atomic mass is 9.70. The fourth-order valence-electron chi connectivity index (χ4n) is 7.47. The van der Waals surface area contributed by atoms with E-state index < -0.39 is 28.7 Å². The van der Waals surface area contributed by atoms with Crippen molar-refractivity contribution in [3.63, 3.8) is 0 Å². The molecule has 2 aromatic carbocycles. The Morgan fingerprint density at radius 2 is 1.66 bits per heavy atom. The molecule has 3 aliphatic rings. The van der Waals surface area contributed by atoms with Gasteiger partial charge in [0.1, 0.15) is 11.8 Å². The summed E-state index contributed by atoms with van der Waals surface area (Å²) in [4.78, 5) is 49.0. The average molecular weight is 618 g/mol. The van der Waals surface area contributed by atoms with Gasteiger partial charge in [-0.2, -0.15) is 0 Å². The van der Waals surface area contributed by atoms with Crippen molar-refractivity contribution in [3.8, 4) is 5.75 Å². The van der Waals surface area contributed by atoms with Crippen molar-refractivity contribution in [3.05, 3.63) is 79.9 Å². The highest BCUT2D eigenvalue weighted by molar-refractivity contribution is 8.02. The highest BCUT2D eigenvalue weighted by Crippen LogP contribution is 2.67. The van der Waals surface area contributed by atoms with E-state index in [9.17, 15) is 19.5 Å². The maximum Gasteiger partial charge on any atom is 0.251 e. The fraction of sp³-hybridized carbons (Fsp3) is 0.457. The number of likely N-dealkylation sites (tertiary alicyclic amines) is 1. The van der Waals surface area contributed by atoms with Gasteiger partial charge in [0.2, 0.25) is 11.8 Å². The molecule has 0 aromatic heterocycles. The smallest absolute Gasteiger partial charge is 0.251 e. The second-order valence-corrected chi connectivity index (χ2v) is 13.9. The van der Waals surface area contributed by atoms with Gasteiger partial charge in [0.15, 0.2) is 0 Å². The van der Waals surface area contributed by atoms with Gasteiger partial charge in [-0.25, -0.2) is 0 Å². The van der Waals surface area contributed by atoms with Gasteiger partial charge in [-0.15, -0.1) is 24.9 Å². The van der Waals surface area contributed by atoms with Gasteiger partial charge in [-0.1, -0.05) is 44.2 Å². The van der Waals surface area contributed by atoms with Gasteiger partial charge in [0, 0.05) is 29.7 Å². The summed E-state index contributed by atoms with van der Waals surface area (Å²) in [5.74, 6) is -0.968. The Balaban J connectivity index is 1.60. The number of methoxy groups -OCH3 is 1. The van der Waals surface area contributed by atoms with Crippen LogP contribution in [-0.2, 0) is 14.4 Å². The third kappa shape index (κ3) is 5.45. The Labute approximate surface area is 264 Å². The van der Waals surface area contributed by atoms with E-state index in [0.29, 0.717) is 30.8 Å². The lowest BCUT2D eigenvalue weighted by molar-refractivity contribution is -0.142. The number of aliphatic hydroxyl groups is 1. The number of amides is 3. The molecular weight excluding hydrogens is 574 g/mol. The van der Waals surface area contributed by atoms with E-state index in [2.05, 4.69) is 13.2 Å². The first kappa shape index (κ1) is 31.9. The van der Waals surface area contributed by atoms with Gasteiger partial charge >= 0.3 is 0 Å². The molecule has 0 aliphatic carbocycles. The van der Waals surface area contributed by atoms with Crippen LogP contribution in [-0.4, -0.2) is 76.6 Å². The van der Waals surface area contributed by atoms with Crippen molar-refractivity contribution in [2.24, 2.45) is 17.8 Å². The Kier molecular flexibility index (Phi) is 9.56. The normalized spacial score (nSPS) is 25.9. The number of ether oxygens (including phenoxy) is 1. The Hall–Kier alpha value is -3.56. The molecule has 2 unspecified atom stereocenters. The van der Waals surface area contributed by atoms with Crippen molar-refractivity contribution >= 4 is 40.9 Å². The molecule has 5 rings (SSSR count). The first-order valence-electron chi connectivity index (χ1n) is 15.4. The maximum atomic E-state index is 14.9. The zero-order chi connectivity index (χ0) is 31.6. The molecular formula is C35H43N3O5S. The summed E-state index contributed by atoms with van der Waals surface area (Å²) in [7, 11) is 1.59. The summed E-state index contributed by atoms with van der Waals surface area (Å²) in [6.07, 6.45) is 5.29. The molecule has 0 saturated carbocycles. The van der Waals surface area contributed by atoms with Gasteiger partial charge in [-0.05, 0) is 61.6 Å². The third-order valence-electron chi connectivity index (χ3n) is 9.21. The zero-order valence-corrected chi connectivity index (χ0v) is 26.6. The molecule has 3 aliphatic heterocycles. The van der Waals surface area contributed by atoms with Crippen LogP contribution in [0, 0.1) is 17.8 Å². The van der Waals surface area contributed by atoms with Crippen LogP contribution in [0.1, 0.15) is 33.1 Å². The van der Waals surface area contributed by atoms with Crippen molar-refractivity contribution in [1.82, 2.24) is 4.90 Å². The number of aliphatic hydroxyl groups excluding tert-OH is 1. The minimum atomic E-state index is -0.838. The van der Waals surface area contributed by atoms with Gasteiger partial charge < -0.3 is 24.5 Å². The van der Waals surface area contributed by atoms with Crippen molar-refractivity contribution < 1.29 is 24.2 Å². The number of para-hydroxylation sites is 1. The monoisotopic (exact) mass is 617 g/mol. The fourth-order valence-corrected chi connectivity index (χ4v) is 9.66. The Morgan fingerprint density at radius 3 is 2.23 bits per heavy atom. The van der Waals surface area contributed by atoms with Crippen LogP contribution in [0.4, 0.5) is 11.4 Å². The molecule has 6 atom stereocenters. The molecule has 234 valence electrons. The van der Waals surface area contributed by atoms with Crippen LogP contribution in [0.3, 0.4) is 0 Å². The molecule has 1 N–H and O–H groups in total. The van der Waals surface area contributed by atoms with Crippen LogP contribution in [0.25, 0.3) is 0 Å². The van der Waals surface area contributed by atoms with E-state index in [1.807, 2.05) is 56.3 Å².